The highest BCUT2D eigenvalue weighted by Crippen LogP contribution is 2.08. The van der Waals surface area contributed by atoms with Crippen LogP contribution in [-0.2, 0) is 0 Å². The Hall–Kier alpha value is 0.730. The van der Waals surface area contributed by atoms with Crippen molar-refractivity contribution in [2.75, 3.05) is 4.43 Å². The predicted octanol–water partition coefficient (Wildman–Crippen LogP) is 4.38. The third-order valence-corrected chi connectivity index (χ3v) is 2.65. The molecule has 0 atom stereocenters. The molecule has 0 aromatic rings. The molecular weight excluding hydrogens is 247 g/mol. The molecule has 0 saturated heterocycles. The van der Waals surface area contributed by atoms with Crippen LogP contribution in [0.3, 0.4) is 0 Å². The number of rotatable bonds is 8. The first kappa shape index (κ1) is 11.7. The number of alkyl halides is 1. The highest BCUT2D eigenvalue weighted by Gasteiger charge is 1.89. The summed E-state index contributed by atoms with van der Waals surface area (Å²) < 4.78 is 1.33. The summed E-state index contributed by atoms with van der Waals surface area (Å²) in [7, 11) is 0. The zero-order chi connectivity index (χ0) is 8.36. The van der Waals surface area contributed by atoms with Crippen LogP contribution in [0.15, 0.2) is 0 Å². The van der Waals surface area contributed by atoms with Crippen molar-refractivity contribution in [3.8, 4) is 0 Å². The molecule has 0 aliphatic heterocycles. The fraction of sp³-hybridized carbons (Fsp3) is 0.900. The van der Waals surface area contributed by atoms with Gasteiger partial charge in [-0.25, -0.2) is 0 Å². The summed E-state index contributed by atoms with van der Waals surface area (Å²) in [5.74, 6) is 0. The molecule has 0 amide bonds. The summed E-state index contributed by atoms with van der Waals surface area (Å²) in [5.41, 5.74) is 0. The van der Waals surface area contributed by atoms with Crippen LogP contribution in [0.2, 0.25) is 0 Å². The molecular formula is C10H20I. The van der Waals surface area contributed by atoms with Crippen LogP contribution in [-0.4, -0.2) is 4.43 Å². The number of unbranched alkanes of at least 4 members (excludes halogenated alkanes) is 7. The third kappa shape index (κ3) is 10.7. The van der Waals surface area contributed by atoms with Crippen molar-refractivity contribution in [1.82, 2.24) is 0 Å². The second kappa shape index (κ2) is 10.7. The Labute approximate surface area is 85.3 Å². The molecule has 0 aromatic heterocycles. The van der Waals surface area contributed by atoms with Gasteiger partial charge in [0.15, 0.2) is 0 Å². The molecule has 0 aliphatic rings. The minimum absolute atomic E-state index is 1.12. The highest BCUT2D eigenvalue weighted by atomic mass is 127. The van der Waals surface area contributed by atoms with Gasteiger partial charge in [0.25, 0.3) is 0 Å². The number of halogens is 1. The lowest BCUT2D eigenvalue weighted by molar-refractivity contribution is 0.594. The maximum atomic E-state index is 3.83. The van der Waals surface area contributed by atoms with Gasteiger partial charge in [-0.3, -0.25) is 0 Å². The van der Waals surface area contributed by atoms with Crippen molar-refractivity contribution in [3.05, 3.63) is 6.92 Å². The molecule has 0 spiro atoms. The molecule has 67 valence electrons. The van der Waals surface area contributed by atoms with Crippen molar-refractivity contribution < 1.29 is 0 Å². The molecule has 0 rings (SSSR count). The molecule has 0 unspecified atom stereocenters. The molecule has 0 aliphatic carbocycles. The molecule has 0 bridgehead atoms. The van der Waals surface area contributed by atoms with E-state index < -0.39 is 0 Å². The first-order valence-electron chi connectivity index (χ1n) is 4.77. The Kier molecular flexibility index (Phi) is 11.4. The topological polar surface area (TPSA) is 0 Å². The van der Waals surface area contributed by atoms with Gasteiger partial charge in [-0.1, -0.05) is 74.5 Å². The van der Waals surface area contributed by atoms with Crippen molar-refractivity contribution >= 4 is 22.6 Å². The number of hydrogen-bond donors (Lipinski definition) is 0. The lowest BCUT2D eigenvalue weighted by Crippen LogP contribution is -1.80. The maximum Gasteiger partial charge on any atom is -0.000473 e. The van der Waals surface area contributed by atoms with Crippen LogP contribution >= 0.6 is 22.6 Å². The number of hydrogen-bond acceptors (Lipinski definition) is 0. The van der Waals surface area contributed by atoms with Crippen LogP contribution < -0.4 is 0 Å². The largest absolute Gasteiger partial charge is 0.0864 e. The van der Waals surface area contributed by atoms with E-state index in [2.05, 4.69) is 29.5 Å². The summed E-state index contributed by atoms with van der Waals surface area (Å²) in [6.07, 6.45) is 11.0. The molecule has 0 N–H and O–H groups in total. The first-order valence-corrected chi connectivity index (χ1v) is 6.29. The van der Waals surface area contributed by atoms with E-state index in [1.165, 1.54) is 49.4 Å². The highest BCUT2D eigenvalue weighted by molar-refractivity contribution is 14.1. The van der Waals surface area contributed by atoms with E-state index in [-0.39, 0.29) is 0 Å². The van der Waals surface area contributed by atoms with Gasteiger partial charge in [0, 0.05) is 0 Å². The monoisotopic (exact) mass is 267 g/mol. The van der Waals surface area contributed by atoms with Gasteiger partial charge in [-0.05, 0) is 10.8 Å². The van der Waals surface area contributed by atoms with Crippen LogP contribution in [0, 0.1) is 6.92 Å². The van der Waals surface area contributed by atoms with Crippen molar-refractivity contribution in [1.29, 1.82) is 0 Å². The quantitative estimate of drug-likeness (QED) is 0.348. The first-order chi connectivity index (χ1) is 5.41. The van der Waals surface area contributed by atoms with Crippen LogP contribution in [0.4, 0.5) is 0 Å². The Bertz CT molecular complexity index is 53.9. The summed E-state index contributed by atoms with van der Waals surface area (Å²) in [4.78, 5) is 0. The summed E-state index contributed by atoms with van der Waals surface area (Å²) in [6, 6.07) is 0. The summed E-state index contributed by atoms with van der Waals surface area (Å²) in [6.45, 7) is 3.83. The zero-order valence-electron chi connectivity index (χ0n) is 7.45. The van der Waals surface area contributed by atoms with E-state index in [4.69, 9.17) is 0 Å². The second-order valence-corrected chi connectivity index (χ2v) is 4.10. The average molecular weight is 267 g/mol. The standard InChI is InChI=1S/C10H20I/c1-2-3-4-5-6-7-8-9-10-11/h1-10H2. The van der Waals surface area contributed by atoms with Gasteiger partial charge >= 0.3 is 0 Å². The van der Waals surface area contributed by atoms with Crippen LogP contribution in [0.5, 0.6) is 0 Å². The van der Waals surface area contributed by atoms with Crippen molar-refractivity contribution in [2.24, 2.45) is 0 Å². The van der Waals surface area contributed by atoms with Gasteiger partial charge in [-0.2, -0.15) is 0 Å². The summed E-state index contributed by atoms with van der Waals surface area (Å²) >= 11 is 2.45. The predicted molar refractivity (Wildman–Crippen MR) is 61.2 cm³/mol. The van der Waals surface area contributed by atoms with Crippen molar-refractivity contribution in [2.45, 2.75) is 51.4 Å². The molecule has 0 heterocycles. The van der Waals surface area contributed by atoms with Gasteiger partial charge in [0.2, 0.25) is 0 Å². The fourth-order valence-corrected chi connectivity index (χ4v) is 1.69. The minimum Gasteiger partial charge on any atom is -0.0864 e. The molecule has 0 fully saturated rings. The lowest BCUT2D eigenvalue weighted by atomic mass is 10.1. The van der Waals surface area contributed by atoms with Crippen LogP contribution in [0.1, 0.15) is 51.4 Å². The smallest absolute Gasteiger partial charge is 0.000473 e. The van der Waals surface area contributed by atoms with Gasteiger partial charge in [0.05, 0.1) is 0 Å². The average Bonchev–Trinajstić information content (AvgIpc) is 2.03. The maximum absolute atomic E-state index is 3.83. The Balaban J connectivity index is 2.69. The van der Waals surface area contributed by atoms with E-state index >= 15 is 0 Å². The van der Waals surface area contributed by atoms with Gasteiger partial charge in [-0.15, -0.1) is 0 Å². The molecule has 1 heteroatoms. The third-order valence-electron chi connectivity index (χ3n) is 1.88. The van der Waals surface area contributed by atoms with Gasteiger partial charge in [0.1, 0.15) is 0 Å². The summed E-state index contributed by atoms with van der Waals surface area (Å²) in [5, 5.41) is 0. The molecule has 11 heavy (non-hydrogen) atoms. The van der Waals surface area contributed by atoms with Crippen LogP contribution in [0.25, 0.3) is 0 Å². The minimum atomic E-state index is 1.12. The Morgan fingerprint density at radius 1 is 0.727 bits per heavy atom. The lowest BCUT2D eigenvalue weighted by Gasteiger charge is -1.98. The molecule has 0 aromatic carbocycles. The molecule has 1 radical (unpaired) electrons. The van der Waals surface area contributed by atoms with Crippen molar-refractivity contribution in [3.63, 3.8) is 0 Å². The fourth-order valence-electron chi connectivity index (χ4n) is 1.16. The van der Waals surface area contributed by atoms with Gasteiger partial charge < -0.3 is 0 Å². The second-order valence-electron chi connectivity index (χ2n) is 3.02. The van der Waals surface area contributed by atoms with E-state index in [1.807, 2.05) is 0 Å². The Morgan fingerprint density at radius 2 is 1.18 bits per heavy atom. The van der Waals surface area contributed by atoms with E-state index in [9.17, 15) is 0 Å². The molecule has 0 nitrogen and oxygen atoms in total. The SMILES string of the molecule is [CH2]CCCCCCCCCI. The van der Waals surface area contributed by atoms with E-state index in [0.717, 1.165) is 6.42 Å². The van der Waals surface area contributed by atoms with E-state index in [0.29, 0.717) is 0 Å². The molecule has 0 saturated carbocycles. The zero-order valence-corrected chi connectivity index (χ0v) is 9.61. The Morgan fingerprint density at radius 3 is 1.64 bits per heavy atom. The normalized spacial score (nSPS) is 10.4. The van der Waals surface area contributed by atoms with E-state index in [1.54, 1.807) is 0 Å².